The molecule has 0 aromatic heterocycles. The Morgan fingerprint density at radius 3 is 2.17 bits per heavy atom. The van der Waals surface area contributed by atoms with Crippen LogP contribution in [0.4, 0.5) is 0 Å². The van der Waals surface area contributed by atoms with Gasteiger partial charge in [-0.2, -0.15) is 0 Å². The van der Waals surface area contributed by atoms with Gasteiger partial charge in [0.25, 0.3) is 0 Å². The van der Waals surface area contributed by atoms with Gasteiger partial charge in [0.05, 0.1) is 6.61 Å². The molecule has 0 rings (SSSR count). The van der Waals surface area contributed by atoms with Crippen LogP contribution in [0, 0.1) is 0 Å². The van der Waals surface area contributed by atoms with Crippen molar-refractivity contribution in [1.29, 1.82) is 0 Å². The Hall–Kier alpha value is -1.74. The summed E-state index contributed by atoms with van der Waals surface area (Å²) in [5.41, 5.74) is 3.67. The standard InChI is InChI=1S/C20H30O3/c1-15(2)13-19(22)14-17(4)7-6-8-18(5)20(23)10-9-16(3)11-12-21/h7,11,13,21H,5-6,8-10,12,14H2,1-4H3. The summed E-state index contributed by atoms with van der Waals surface area (Å²) < 4.78 is 0. The molecule has 128 valence electrons. The Bertz CT molecular complexity index is 515. The van der Waals surface area contributed by atoms with Crippen LogP contribution < -0.4 is 0 Å². The van der Waals surface area contributed by atoms with Crippen molar-refractivity contribution in [3.63, 3.8) is 0 Å². The number of hydrogen-bond acceptors (Lipinski definition) is 3. The number of aliphatic hydroxyl groups excluding tert-OH is 1. The van der Waals surface area contributed by atoms with Gasteiger partial charge in [-0.25, -0.2) is 0 Å². The number of Topliss-reactive ketones (excluding diaryl/α,β-unsaturated/α-hetero) is 1. The highest BCUT2D eigenvalue weighted by atomic mass is 16.2. The van der Waals surface area contributed by atoms with Crippen molar-refractivity contribution in [2.45, 2.75) is 59.8 Å². The van der Waals surface area contributed by atoms with Gasteiger partial charge in [0, 0.05) is 12.8 Å². The van der Waals surface area contributed by atoms with Crippen LogP contribution in [0.15, 0.2) is 47.1 Å². The van der Waals surface area contributed by atoms with Gasteiger partial charge in [-0.3, -0.25) is 9.59 Å². The fourth-order valence-corrected chi connectivity index (χ4v) is 2.10. The van der Waals surface area contributed by atoms with Gasteiger partial charge in [-0.05, 0) is 58.6 Å². The van der Waals surface area contributed by atoms with Crippen molar-refractivity contribution in [2.24, 2.45) is 0 Å². The quantitative estimate of drug-likeness (QED) is 0.451. The zero-order valence-electron chi connectivity index (χ0n) is 14.9. The van der Waals surface area contributed by atoms with E-state index in [0.717, 1.165) is 23.1 Å². The minimum atomic E-state index is 0.0104. The van der Waals surface area contributed by atoms with Crippen molar-refractivity contribution in [2.75, 3.05) is 6.61 Å². The summed E-state index contributed by atoms with van der Waals surface area (Å²) >= 11 is 0. The third-order valence-electron chi connectivity index (χ3n) is 3.42. The molecule has 3 nitrogen and oxygen atoms in total. The van der Waals surface area contributed by atoms with E-state index < -0.39 is 0 Å². The lowest BCUT2D eigenvalue weighted by atomic mass is 10.00. The van der Waals surface area contributed by atoms with Gasteiger partial charge in [0.2, 0.25) is 0 Å². The molecule has 0 radical (unpaired) electrons. The first-order valence-corrected chi connectivity index (χ1v) is 8.07. The van der Waals surface area contributed by atoms with Crippen LogP contribution in [0.5, 0.6) is 0 Å². The fraction of sp³-hybridized carbons (Fsp3) is 0.500. The molecule has 0 saturated carbocycles. The van der Waals surface area contributed by atoms with Crippen LogP contribution in [0.25, 0.3) is 0 Å². The molecular formula is C20H30O3. The smallest absolute Gasteiger partial charge is 0.159 e. The Kier molecular flexibility index (Phi) is 10.9. The molecule has 23 heavy (non-hydrogen) atoms. The summed E-state index contributed by atoms with van der Waals surface area (Å²) in [7, 11) is 0. The van der Waals surface area contributed by atoms with Crippen molar-refractivity contribution in [3.05, 3.63) is 47.1 Å². The third-order valence-corrected chi connectivity index (χ3v) is 3.42. The number of carbonyl (C=O) groups excluding carboxylic acids is 2. The number of carbonyl (C=O) groups is 2. The van der Waals surface area contributed by atoms with E-state index in [4.69, 9.17) is 5.11 Å². The Morgan fingerprint density at radius 1 is 0.957 bits per heavy atom. The minimum Gasteiger partial charge on any atom is -0.392 e. The predicted molar refractivity (Wildman–Crippen MR) is 96.3 cm³/mol. The first-order valence-electron chi connectivity index (χ1n) is 8.07. The summed E-state index contributed by atoms with van der Waals surface area (Å²) in [6.07, 6.45) is 8.24. The van der Waals surface area contributed by atoms with E-state index in [0.29, 0.717) is 31.3 Å². The summed E-state index contributed by atoms with van der Waals surface area (Å²) in [6, 6.07) is 0. The first-order chi connectivity index (χ1) is 10.8. The molecule has 0 aliphatic heterocycles. The number of allylic oxidation sites excluding steroid dienone is 6. The van der Waals surface area contributed by atoms with Gasteiger partial charge in [0.15, 0.2) is 11.6 Å². The third kappa shape index (κ3) is 11.5. The lowest BCUT2D eigenvalue weighted by Crippen LogP contribution is -2.02. The molecule has 0 saturated heterocycles. The highest BCUT2D eigenvalue weighted by Crippen LogP contribution is 2.13. The average Bonchev–Trinajstić information content (AvgIpc) is 2.43. The highest BCUT2D eigenvalue weighted by Gasteiger charge is 2.07. The minimum absolute atomic E-state index is 0.0104. The van der Waals surface area contributed by atoms with E-state index >= 15 is 0 Å². The lowest BCUT2D eigenvalue weighted by molar-refractivity contribution is -0.116. The van der Waals surface area contributed by atoms with Crippen LogP contribution in [-0.4, -0.2) is 23.3 Å². The first kappa shape index (κ1) is 21.3. The lowest BCUT2D eigenvalue weighted by Gasteiger charge is -2.05. The van der Waals surface area contributed by atoms with E-state index in [2.05, 4.69) is 6.58 Å². The molecule has 0 aromatic carbocycles. The largest absolute Gasteiger partial charge is 0.392 e. The molecule has 0 aromatic rings. The molecule has 0 aliphatic rings. The number of aliphatic hydroxyl groups is 1. The topological polar surface area (TPSA) is 54.4 Å². The van der Waals surface area contributed by atoms with Crippen LogP contribution in [0.2, 0.25) is 0 Å². The molecule has 0 amide bonds. The number of ketones is 2. The number of rotatable bonds is 11. The highest BCUT2D eigenvalue weighted by molar-refractivity contribution is 5.94. The second-order valence-corrected chi connectivity index (χ2v) is 6.21. The molecule has 0 heterocycles. The van der Waals surface area contributed by atoms with Crippen molar-refractivity contribution in [3.8, 4) is 0 Å². The molecule has 0 bridgehead atoms. The van der Waals surface area contributed by atoms with E-state index in [1.54, 1.807) is 12.2 Å². The van der Waals surface area contributed by atoms with Crippen molar-refractivity contribution >= 4 is 11.6 Å². The van der Waals surface area contributed by atoms with Crippen LogP contribution in [0.1, 0.15) is 59.8 Å². The van der Waals surface area contributed by atoms with Gasteiger partial charge < -0.3 is 5.11 Å². The Morgan fingerprint density at radius 2 is 1.61 bits per heavy atom. The number of hydrogen-bond donors (Lipinski definition) is 1. The van der Waals surface area contributed by atoms with E-state index in [-0.39, 0.29) is 18.2 Å². The van der Waals surface area contributed by atoms with Crippen molar-refractivity contribution < 1.29 is 14.7 Å². The fourth-order valence-electron chi connectivity index (χ4n) is 2.10. The Labute approximate surface area is 140 Å². The van der Waals surface area contributed by atoms with E-state index in [1.807, 2.05) is 33.8 Å². The molecule has 3 heteroatoms. The van der Waals surface area contributed by atoms with E-state index in [9.17, 15) is 9.59 Å². The van der Waals surface area contributed by atoms with Gasteiger partial charge >= 0.3 is 0 Å². The normalized spacial score (nSPS) is 12.0. The van der Waals surface area contributed by atoms with Crippen LogP contribution in [-0.2, 0) is 9.59 Å². The molecule has 0 aliphatic carbocycles. The molecule has 0 atom stereocenters. The SMILES string of the molecule is C=C(CCC=C(C)CC(=O)C=C(C)C)C(=O)CCC(C)=CCO. The van der Waals surface area contributed by atoms with Crippen LogP contribution >= 0.6 is 0 Å². The molecule has 0 spiro atoms. The summed E-state index contributed by atoms with van der Waals surface area (Å²) in [6.45, 7) is 11.5. The molecule has 0 unspecified atom stereocenters. The summed E-state index contributed by atoms with van der Waals surface area (Å²) in [5.74, 6) is 0.183. The monoisotopic (exact) mass is 318 g/mol. The zero-order valence-corrected chi connectivity index (χ0v) is 14.9. The molecular weight excluding hydrogens is 288 g/mol. The Balaban J connectivity index is 4.20. The maximum atomic E-state index is 12.0. The predicted octanol–water partition coefficient (Wildman–Crippen LogP) is 4.48. The van der Waals surface area contributed by atoms with Gasteiger partial charge in [-0.1, -0.05) is 35.5 Å². The summed E-state index contributed by atoms with van der Waals surface area (Å²) in [5, 5.41) is 8.78. The van der Waals surface area contributed by atoms with Gasteiger partial charge in [-0.15, -0.1) is 0 Å². The molecule has 1 N–H and O–H groups in total. The van der Waals surface area contributed by atoms with E-state index in [1.165, 1.54) is 0 Å². The summed E-state index contributed by atoms with van der Waals surface area (Å²) in [4.78, 5) is 23.6. The molecule has 0 fully saturated rings. The zero-order chi connectivity index (χ0) is 17.8. The second kappa shape index (κ2) is 11.8. The maximum absolute atomic E-state index is 12.0. The average molecular weight is 318 g/mol. The second-order valence-electron chi connectivity index (χ2n) is 6.21. The maximum Gasteiger partial charge on any atom is 0.159 e. The van der Waals surface area contributed by atoms with Crippen molar-refractivity contribution in [1.82, 2.24) is 0 Å². The van der Waals surface area contributed by atoms with Gasteiger partial charge in [0.1, 0.15) is 0 Å². The van der Waals surface area contributed by atoms with Crippen LogP contribution in [0.3, 0.4) is 0 Å².